The smallest absolute Gasteiger partial charge is 0.315 e. The average molecular weight is 362 g/mol. The molecular weight excluding hydrogens is 345 g/mol. The predicted molar refractivity (Wildman–Crippen MR) is 94.0 cm³/mol. The Bertz CT molecular complexity index is 782. The summed E-state index contributed by atoms with van der Waals surface area (Å²) >= 11 is 5.82. The van der Waals surface area contributed by atoms with Crippen LogP contribution in [0.2, 0.25) is 5.02 Å². The number of carbonyl (C=O) groups excluding carboxylic acids is 2. The molecule has 7 heteroatoms. The normalized spacial score (nSPS) is 16.8. The number of nitrogens with one attached hydrogen (secondary N) is 2. The van der Waals surface area contributed by atoms with Crippen LogP contribution in [0.4, 0.5) is 14.9 Å². The Morgan fingerprint density at radius 3 is 2.72 bits per heavy atom. The molecule has 0 bridgehead atoms. The van der Waals surface area contributed by atoms with Crippen molar-refractivity contribution in [1.82, 2.24) is 10.6 Å². The van der Waals surface area contributed by atoms with Crippen LogP contribution >= 0.6 is 11.6 Å². The zero-order valence-electron chi connectivity index (χ0n) is 13.3. The van der Waals surface area contributed by atoms with E-state index in [9.17, 15) is 14.0 Å². The largest absolute Gasteiger partial charge is 0.334 e. The van der Waals surface area contributed by atoms with E-state index in [4.69, 9.17) is 11.6 Å². The van der Waals surface area contributed by atoms with Crippen LogP contribution in [0.25, 0.3) is 0 Å². The Morgan fingerprint density at radius 1 is 1.24 bits per heavy atom. The lowest BCUT2D eigenvalue weighted by Crippen LogP contribution is -2.43. The van der Waals surface area contributed by atoms with Crippen molar-refractivity contribution >= 4 is 29.2 Å². The summed E-state index contributed by atoms with van der Waals surface area (Å²) in [5.74, 6) is -0.545. The fourth-order valence-corrected chi connectivity index (χ4v) is 2.84. The highest BCUT2D eigenvalue weighted by Crippen LogP contribution is 2.22. The number of rotatable bonds is 4. The van der Waals surface area contributed by atoms with Gasteiger partial charge in [0.05, 0.1) is 6.04 Å². The summed E-state index contributed by atoms with van der Waals surface area (Å²) in [6.45, 7) is 0.675. The molecule has 130 valence electrons. The molecule has 0 aromatic heterocycles. The monoisotopic (exact) mass is 361 g/mol. The summed E-state index contributed by atoms with van der Waals surface area (Å²) in [6.07, 6.45) is 0.185. The molecule has 1 aliphatic rings. The van der Waals surface area contributed by atoms with E-state index in [0.717, 1.165) is 5.56 Å². The molecule has 1 aliphatic heterocycles. The molecule has 3 rings (SSSR count). The van der Waals surface area contributed by atoms with Gasteiger partial charge in [-0.3, -0.25) is 4.79 Å². The zero-order chi connectivity index (χ0) is 17.8. The Labute approximate surface area is 149 Å². The first kappa shape index (κ1) is 17.2. The van der Waals surface area contributed by atoms with E-state index in [0.29, 0.717) is 23.8 Å². The molecule has 5 nitrogen and oxygen atoms in total. The Hall–Kier alpha value is -2.60. The summed E-state index contributed by atoms with van der Waals surface area (Å²) in [7, 11) is 0. The number of benzene rings is 2. The minimum absolute atomic E-state index is 0.145. The van der Waals surface area contributed by atoms with Crippen LogP contribution in [0.1, 0.15) is 12.0 Å². The minimum atomic E-state index is -0.401. The number of anilines is 1. The molecule has 1 atom stereocenters. The molecule has 0 unspecified atom stereocenters. The lowest BCUT2D eigenvalue weighted by atomic mass is 10.2. The second kappa shape index (κ2) is 7.53. The third-order valence-corrected chi connectivity index (χ3v) is 4.20. The maximum absolute atomic E-state index is 13.3. The fraction of sp³-hybridized carbons (Fsp3) is 0.222. The highest BCUT2D eigenvalue weighted by Gasteiger charge is 2.31. The summed E-state index contributed by atoms with van der Waals surface area (Å²) in [6, 6.07) is 12.3. The van der Waals surface area contributed by atoms with Gasteiger partial charge in [-0.1, -0.05) is 29.8 Å². The van der Waals surface area contributed by atoms with Crippen molar-refractivity contribution in [3.63, 3.8) is 0 Å². The maximum atomic E-state index is 13.3. The van der Waals surface area contributed by atoms with E-state index in [1.807, 2.05) is 12.1 Å². The van der Waals surface area contributed by atoms with Gasteiger partial charge in [0.1, 0.15) is 5.82 Å². The number of hydrogen-bond acceptors (Lipinski definition) is 2. The third kappa shape index (κ3) is 4.48. The van der Waals surface area contributed by atoms with Crippen LogP contribution in [0.15, 0.2) is 48.5 Å². The SMILES string of the molecule is O=C(NCc1ccc(Cl)cc1)N[C@H]1CC(=O)N(c2cccc(F)c2)C1. The van der Waals surface area contributed by atoms with E-state index in [2.05, 4.69) is 10.6 Å². The second-order valence-electron chi connectivity index (χ2n) is 5.84. The van der Waals surface area contributed by atoms with E-state index >= 15 is 0 Å². The molecule has 0 saturated carbocycles. The fourth-order valence-electron chi connectivity index (χ4n) is 2.72. The molecule has 1 saturated heterocycles. The summed E-state index contributed by atoms with van der Waals surface area (Å²) in [5.41, 5.74) is 1.42. The van der Waals surface area contributed by atoms with Crippen LogP contribution in [0.5, 0.6) is 0 Å². The van der Waals surface area contributed by atoms with Gasteiger partial charge < -0.3 is 15.5 Å². The molecule has 2 aromatic carbocycles. The van der Waals surface area contributed by atoms with Gasteiger partial charge in [-0.05, 0) is 35.9 Å². The Balaban J connectivity index is 1.52. The summed E-state index contributed by atoms with van der Waals surface area (Å²) in [5, 5.41) is 6.15. The molecule has 0 radical (unpaired) electrons. The quantitative estimate of drug-likeness (QED) is 0.879. The first-order valence-corrected chi connectivity index (χ1v) is 8.24. The maximum Gasteiger partial charge on any atom is 0.315 e. The molecular formula is C18H17ClFN3O2. The Morgan fingerprint density at radius 2 is 2.00 bits per heavy atom. The van der Waals surface area contributed by atoms with Gasteiger partial charge in [0, 0.05) is 30.2 Å². The van der Waals surface area contributed by atoms with Crippen LogP contribution in [-0.4, -0.2) is 24.5 Å². The summed E-state index contributed by atoms with van der Waals surface area (Å²) < 4.78 is 13.3. The van der Waals surface area contributed by atoms with Crippen molar-refractivity contribution in [2.45, 2.75) is 19.0 Å². The highest BCUT2D eigenvalue weighted by atomic mass is 35.5. The van der Waals surface area contributed by atoms with Gasteiger partial charge in [0.2, 0.25) is 5.91 Å². The van der Waals surface area contributed by atoms with Gasteiger partial charge >= 0.3 is 6.03 Å². The zero-order valence-corrected chi connectivity index (χ0v) is 14.1. The van der Waals surface area contributed by atoms with Crippen molar-refractivity contribution in [2.75, 3.05) is 11.4 Å². The number of urea groups is 1. The van der Waals surface area contributed by atoms with Crippen molar-refractivity contribution < 1.29 is 14.0 Å². The third-order valence-electron chi connectivity index (χ3n) is 3.95. The topological polar surface area (TPSA) is 61.4 Å². The lowest BCUT2D eigenvalue weighted by Gasteiger charge is -2.17. The van der Waals surface area contributed by atoms with E-state index < -0.39 is 5.82 Å². The average Bonchev–Trinajstić information content (AvgIpc) is 2.94. The molecule has 3 amide bonds. The standard InChI is InChI=1S/C18H17ClFN3O2/c19-13-6-4-12(5-7-13)10-21-18(25)22-15-9-17(24)23(11-15)16-3-1-2-14(20)8-16/h1-8,15H,9-11H2,(H2,21,22,25)/t15-/m0/s1. The van der Waals surface area contributed by atoms with Crippen molar-refractivity contribution in [3.05, 3.63) is 64.9 Å². The van der Waals surface area contributed by atoms with Crippen molar-refractivity contribution in [2.24, 2.45) is 0 Å². The van der Waals surface area contributed by atoms with E-state index in [1.54, 1.807) is 24.3 Å². The van der Waals surface area contributed by atoms with Gasteiger partial charge in [0.25, 0.3) is 0 Å². The summed E-state index contributed by atoms with van der Waals surface area (Å²) in [4.78, 5) is 25.6. The minimum Gasteiger partial charge on any atom is -0.334 e. The van der Waals surface area contributed by atoms with Crippen molar-refractivity contribution in [1.29, 1.82) is 0 Å². The Kier molecular flexibility index (Phi) is 5.19. The van der Waals surface area contributed by atoms with Gasteiger partial charge in [-0.15, -0.1) is 0 Å². The lowest BCUT2D eigenvalue weighted by molar-refractivity contribution is -0.117. The van der Waals surface area contributed by atoms with E-state index in [1.165, 1.54) is 17.0 Å². The molecule has 1 fully saturated rings. The van der Waals surface area contributed by atoms with Crippen LogP contribution in [0.3, 0.4) is 0 Å². The van der Waals surface area contributed by atoms with Gasteiger partial charge in [0.15, 0.2) is 0 Å². The number of amides is 3. The number of hydrogen-bond donors (Lipinski definition) is 2. The first-order valence-electron chi connectivity index (χ1n) is 7.86. The molecule has 25 heavy (non-hydrogen) atoms. The molecule has 0 spiro atoms. The molecule has 1 heterocycles. The number of halogens is 2. The highest BCUT2D eigenvalue weighted by molar-refractivity contribution is 6.30. The molecule has 0 aliphatic carbocycles. The van der Waals surface area contributed by atoms with Gasteiger partial charge in [-0.2, -0.15) is 0 Å². The van der Waals surface area contributed by atoms with Crippen LogP contribution < -0.4 is 15.5 Å². The first-order chi connectivity index (χ1) is 12.0. The van der Waals surface area contributed by atoms with Crippen LogP contribution in [0, 0.1) is 5.82 Å². The second-order valence-corrected chi connectivity index (χ2v) is 6.28. The van der Waals surface area contributed by atoms with Gasteiger partial charge in [-0.25, -0.2) is 9.18 Å². The van der Waals surface area contributed by atoms with Crippen LogP contribution in [-0.2, 0) is 11.3 Å². The number of carbonyl (C=O) groups is 2. The molecule has 2 N–H and O–H groups in total. The predicted octanol–water partition coefficient (Wildman–Crippen LogP) is 3.08. The van der Waals surface area contributed by atoms with Crippen molar-refractivity contribution in [3.8, 4) is 0 Å². The number of nitrogens with zero attached hydrogens (tertiary/aromatic N) is 1. The molecule has 2 aromatic rings. The van der Waals surface area contributed by atoms with E-state index in [-0.39, 0.29) is 24.4 Å².